The Morgan fingerprint density at radius 2 is 1.97 bits per heavy atom. The molecule has 0 aliphatic carbocycles. The zero-order chi connectivity index (χ0) is 23.8. The van der Waals surface area contributed by atoms with Crippen molar-refractivity contribution in [3.8, 4) is 11.5 Å². The Labute approximate surface area is 214 Å². The van der Waals surface area contributed by atoms with Crippen molar-refractivity contribution in [3.05, 3.63) is 78.6 Å². The number of rotatable bonds is 5. The quantitative estimate of drug-likeness (QED) is 0.343. The highest BCUT2D eigenvalue weighted by atomic mass is 35.5. The maximum Gasteiger partial charge on any atom is 0.160 e. The zero-order valence-corrected chi connectivity index (χ0v) is 20.7. The molecule has 1 atom stereocenters. The third-order valence-corrected chi connectivity index (χ3v) is 6.07. The van der Waals surface area contributed by atoms with Crippen LogP contribution in [0.15, 0.2) is 67.4 Å². The number of benzene rings is 1. The lowest BCUT2D eigenvalue weighted by Crippen LogP contribution is -2.30. The van der Waals surface area contributed by atoms with Crippen LogP contribution in [0.1, 0.15) is 24.6 Å². The number of anilines is 2. The number of nitrogens with one attached hydrogen (secondary N) is 2. The minimum atomic E-state index is 0. The number of ether oxygens (including phenoxy) is 1. The molecule has 0 amide bonds. The smallest absolute Gasteiger partial charge is 0.160 e. The molecule has 0 bridgehead atoms. The van der Waals surface area contributed by atoms with Crippen molar-refractivity contribution in [2.75, 3.05) is 11.9 Å². The summed E-state index contributed by atoms with van der Waals surface area (Å²) >= 11 is 0. The number of fused-ring (bicyclic) bond motifs is 2. The molecular weight excluding hydrogens is 476 g/mol. The highest BCUT2D eigenvalue weighted by molar-refractivity contribution is 5.88. The molecule has 1 aliphatic heterocycles. The van der Waals surface area contributed by atoms with Crippen LogP contribution in [0.25, 0.3) is 22.3 Å². The van der Waals surface area contributed by atoms with Crippen molar-refractivity contribution in [1.29, 1.82) is 0 Å². The second kappa shape index (κ2) is 9.88. The summed E-state index contributed by atoms with van der Waals surface area (Å²) in [5.41, 5.74) is 6.37. The predicted molar refractivity (Wildman–Crippen MR) is 142 cm³/mol. The van der Waals surface area contributed by atoms with Gasteiger partial charge in [0.1, 0.15) is 29.7 Å². The lowest BCUT2D eigenvalue weighted by Gasteiger charge is -2.20. The van der Waals surface area contributed by atoms with Gasteiger partial charge in [0.05, 0.1) is 11.2 Å². The van der Waals surface area contributed by atoms with Crippen LogP contribution >= 0.6 is 12.4 Å². The lowest BCUT2D eigenvalue weighted by atomic mass is 10.00. The number of halogens is 1. The first-order valence-corrected chi connectivity index (χ1v) is 11.5. The molecular formula is C26H25ClN8O. The predicted octanol–water partition coefficient (Wildman–Crippen LogP) is 5.10. The number of hydrogen-bond acceptors (Lipinski definition) is 8. The number of aryl methyl sites for hydroxylation is 1. The molecule has 182 valence electrons. The molecule has 4 aromatic heterocycles. The summed E-state index contributed by atoms with van der Waals surface area (Å²) < 4.78 is 7.79. The summed E-state index contributed by atoms with van der Waals surface area (Å²) in [6, 6.07) is 14.1. The maximum absolute atomic E-state index is 6.10. The van der Waals surface area contributed by atoms with Crippen LogP contribution in [0.3, 0.4) is 0 Å². The molecule has 0 fully saturated rings. The lowest BCUT2D eigenvalue weighted by molar-refractivity contribution is 0.478. The Hall–Kier alpha value is -4.08. The first-order chi connectivity index (χ1) is 17.1. The van der Waals surface area contributed by atoms with Crippen LogP contribution in [0.2, 0.25) is 0 Å². The average molecular weight is 501 g/mol. The number of aromatic nitrogens is 6. The molecule has 9 nitrogen and oxygen atoms in total. The van der Waals surface area contributed by atoms with E-state index < -0.39 is 0 Å². The van der Waals surface area contributed by atoms with Crippen LogP contribution in [-0.2, 0) is 0 Å². The summed E-state index contributed by atoms with van der Waals surface area (Å²) in [5.74, 6) is 2.14. The third-order valence-electron chi connectivity index (χ3n) is 6.07. The van der Waals surface area contributed by atoms with E-state index in [0.717, 1.165) is 52.3 Å². The Kier molecular flexibility index (Phi) is 6.49. The number of hydrogen-bond donors (Lipinski definition) is 2. The second-order valence-corrected chi connectivity index (χ2v) is 8.66. The first-order valence-electron chi connectivity index (χ1n) is 11.5. The number of nitrogens with zero attached hydrogens (tertiary/aromatic N) is 6. The van der Waals surface area contributed by atoms with Gasteiger partial charge in [0.25, 0.3) is 0 Å². The normalized spacial score (nSPS) is 15.4. The SMILES string of the molecule is Cc1cc(Nc2ncnc3ccc(C4=CCNC(C)C4)nc23)ccc1Oc1ccn2ncnc2c1.Cl. The average Bonchev–Trinajstić information content (AvgIpc) is 3.34. The van der Waals surface area contributed by atoms with Gasteiger partial charge in [0, 0.05) is 30.5 Å². The van der Waals surface area contributed by atoms with E-state index in [2.05, 4.69) is 43.7 Å². The minimum Gasteiger partial charge on any atom is -0.457 e. The van der Waals surface area contributed by atoms with Crippen LogP contribution in [-0.4, -0.2) is 42.1 Å². The summed E-state index contributed by atoms with van der Waals surface area (Å²) in [6.45, 7) is 5.05. The van der Waals surface area contributed by atoms with Crippen LogP contribution in [0.4, 0.5) is 11.5 Å². The Morgan fingerprint density at radius 1 is 1.06 bits per heavy atom. The molecule has 5 heterocycles. The maximum atomic E-state index is 6.10. The third kappa shape index (κ3) is 4.71. The molecule has 1 aromatic carbocycles. The van der Waals surface area contributed by atoms with Gasteiger partial charge in [-0.1, -0.05) is 6.08 Å². The molecule has 36 heavy (non-hydrogen) atoms. The van der Waals surface area contributed by atoms with E-state index in [1.165, 1.54) is 11.9 Å². The fourth-order valence-corrected chi connectivity index (χ4v) is 4.25. The number of pyridine rings is 2. The van der Waals surface area contributed by atoms with Gasteiger partial charge in [0.15, 0.2) is 11.5 Å². The summed E-state index contributed by atoms with van der Waals surface area (Å²) in [5, 5.41) is 11.0. The molecule has 5 aromatic rings. The van der Waals surface area contributed by atoms with Crippen LogP contribution in [0.5, 0.6) is 11.5 Å². The minimum absolute atomic E-state index is 0. The van der Waals surface area contributed by atoms with E-state index in [0.29, 0.717) is 17.6 Å². The van der Waals surface area contributed by atoms with Crippen LogP contribution < -0.4 is 15.4 Å². The van der Waals surface area contributed by atoms with Crippen molar-refractivity contribution >= 4 is 46.2 Å². The topological polar surface area (TPSA) is 102 Å². The van der Waals surface area contributed by atoms with Crippen molar-refractivity contribution in [3.63, 3.8) is 0 Å². The van der Waals surface area contributed by atoms with Crippen molar-refractivity contribution in [2.24, 2.45) is 0 Å². The van der Waals surface area contributed by atoms with Gasteiger partial charge in [-0.05, 0) is 67.8 Å². The fourth-order valence-electron chi connectivity index (χ4n) is 4.25. The van der Waals surface area contributed by atoms with Gasteiger partial charge in [-0.25, -0.2) is 24.5 Å². The van der Waals surface area contributed by atoms with E-state index in [-0.39, 0.29) is 12.4 Å². The standard InChI is InChI=1S/C26H24N8O.ClH/c1-16-11-19(3-6-23(16)35-20-8-10-34-24(13-20)29-15-31-34)32-26-25-22(28-14-30-26)5-4-21(33-25)18-7-9-27-17(2)12-18;/h3-8,10-11,13-15,17,27H,9,12H2,1-2H3,(H,28,30,32);1H. The second-order valence-electron chi connectivity index (χ2n) is 8.66. The summed E-state index contributed by atoms with van der Waals surface area (Å²) in [6.07, 6.45) is 8.05. The van der Waals surface area contributed by atoms with Gasteiger partial charge in [-0.2, -0.15) is 5.10 Å². The molecule has 6 rings (SSSR count). The Morgan fingerprint density at radius 3 is 2.83 bits per heavy atom. The van der Waals surface area contributed by atoms with Crippen molar-refractivity contribution in [1.82, 2.24) is 34.9 Å². The van der Waals surface area contributed by atoms with Crippen molar-refractivity contribution < 1.29 is 4.74 Å². The van der Waals surface area contributed by atoms with Gasteiger partial charge in [0.2, 0.25) is 0 Å². The fraction of sp³-hybridized carbons (Fsp3) is 0.192. The van der Waals surface area contributed by atoms with E-state index in [4.69, 9.17) is 9.72 Å². The molecule has 1 aliphatic rings. The largest absolute Gasteiger partial charge is 0.457 e. The molecule has 0 radical (unpaired) electrons. The van der Waals surface area contributed by atoms with Crippen molar-refractivity contribution in [2.45, 2.75) is 26.3 Å². The van der Waals surface area contributed by atoms with E-state index in [1.807, 2.05) is 55.6 Å². The summed E-state index contributed by atoms with van der Waals surface area (Å²) in [7, 11) is 0. The summed E-state index contributed by atoms with van der Waals surface area (Å²) in [4.78, 5) is 18.0. The Balaban J connectivity index is 0.00000267. The molecule has 0 saturated heterocycles. The van der Waals surface area contributed by atoms with E-state index in [1.54, 1.807) is 10.8 Å². The Bertz CT molecular complexity index is 1580. The molecule has 0 spiro atoms. The molecule has 0 saturated carbocycles. The van der Waals surface area contributed by atoms with Gasteiger partial charge >= 0.3 is 0 Å². The van der Waals surface area contributed by atoms with Gasteiger partial charge in [-0.3, -0.25) is 0 Å². The first kappa shape index (κ1) is 23.7. The zero-order valence-electron chi connectivity index (χ0n) is 19.8. The monoisotopic (exact) mass is 500 g/mol. The molecule has 1 unspecified atom stereocenters. The van der Waals surface area contributed by atoms with E-state index in [9.17, 15) is 0 Å². The van der Waals surface area contributed by atoms with Gasteiger partial charge in [-0.15, -0.1) is 12.4 Å². The molecule has 2 N–H and O–H groups in total. The highest BCUT2D eigenvalue weighted by Gasteiger charge is 2.15. The van der Waals surface area contributed by atoms with Gasteiger partial charge < -0.3 is 15.4 Å². The van der Waals surface area contributed by atoms with Crippen LogP contribution in [0, 0.1) is 6.92 Å². The molecule has 10 heteroatoms. The van der Waals surface area contributed by atoms with E-state index >= 15 is 0 Å². The highest BCUT2D eigenvalue weighted by Crippen LogP contribution is 2.30.